The second-order valence-electron chi connectivity index (χ2n) is 10.5. The van der Waals surface area contributed by atoms with Gasteiger partial charge in [0.2, 0.25) is 0 Å². The molecule has 0 radical (unpaired) electrons. The van der Waals surface area contributed by atoms with E-state index in [0.29, 0.717) is 47.1 Å². The number of nitrogens with two attached hydrogens (primary N) is 1. The fourth-order valence-corrected chi connectivity index (χ4v) is 5.45. The van der Waals surface area contributed by atoms with Crippen molar-refractivity contribution < 1.29 is 18.7 Å². The van der Waals surface area contributed by atoms with Crippen LogP contribution in [0.2, 0.25) is 5.02 Å². The molecule has 2 N–H and O–H groups in total. The first-order chi connectivity index (χ1) is 18.6. The van der Waals surface area contributed by atoms with Gasteiger partial charge in [-0.15, -0.1) is 0 Å². The molecule has 0 spiro atoms. The summed E-state index contributed by atoms with van der Waals surface area (Å²) in [6, 6.07) is 19.9. The van der Waals surface area contributed by atoms with Crippen molar-refractivity contribution in [2.45, 2.75) is 39.5 Å². The van der Waals surface area contributed by atoms with Gasteiger partial charge in [-0.05, 0) is 67.3 Å². The molecule has 0 amide bonds. The van der Waals surface area contributed by atoms with Crippen molar-refractivity contribution in [2.75, 3.05) is 11.5 Å². The first kappa shape index (κ1) is 26.3. The second-order valence-corrected chi connectivity index (χ2v) is 10.9. The number of ether oxygens (including phenoxy) is 1. The van der Waals surface area contributed by atoms with E-state index in [1.165, 1.54) is 0 Å². The molecule has 0 saturated heterocycles. The third-order valence-electron chi connectivity index (χ3n) is 7.06. The van der Waals surface area contributed by atoms with Crippen LogP contribution < -0.4 is 10.6 Å². The van der Waals surface area contributed by atoms with E-state index in [9.17, 15) is 14.9 Å². The summed E-state index contributed by atoms with van der Waals surface area (Å²) < 4.78 is 11.3. The number of allylic oxidation sites excluding steroid dienone is 3. The molecular weight excluding hydrogens is 514 g/mol. The summed E-state index contributed by atoms with van der Waals surface area (Å²) in [5, 5.41) is 10.8. The molecule has 198 valence electrons. The Morgan fingerprint density at radius 3 is 2.46 bits per heavy atom. The van der Waals surface area contributed by atoms with Gasteiger partial charge in [0.1, 0.15) is 17.3 Å². The number of Topliss-reactive ketones (excluding diaryl/α,β-unsaturated/α-hetero) is 1. The number of nitrogens with zero attached hydrogens (tertiary/aromatic N) is 2. The highest BCUT2D eigenvalue weighted by Crippen LogP contribution is 2.50. The van der Waals surface area contributed by atoms with Crippen LogP contribution in [0.5, 0.6) is 0 Å². The zero-order chi connectivity index (χ0) is 27.9. The minimum Gasteiger partial charge on any atom is -0.462 e. The van der Waals surface area contributed by atoms with Crippen LogP contribution in [-0.2, 0) is 9.53 Å². The van der Waals surface area contributed by atoms with E-state index >= 15 is 0 Å². The molecule has 2 heterocycles. The summed E-state index contributed by atoms with van der Waals surface area (Å²) in [5.41, 5.74) is 9.83. The molecule has 0 bridgehead atoms. The summed E-state index contributed by atoms with van der Waals surface area (Å²) in [6.07, 6.45) is 0.938. The van der Waals surface area contributed by atoms with E-state index in [1.54, 1.807) is 60.4 Å². The van der Waals surface area contributed by atoms with E-state index < -0.39 is 11.9 Å². The van der Waals surface area contributed by atoms with Crippen molar-refractivity contribution in [2.24, 2.45) is 11.1 Å². The van der Waals surface area contributed by atoms with Gasteiger partial charge in [-0.2, -0.15) is 5.26 Å². The predicted octanol–water partition coefficient (Wildman–Crippen LogP) is 6.72. The number of rotatable bonds is 5. The van der Waals surface area contributed by atoms with Gasteiger partial charge in [0, 0.05) is 34.0 Å². The first-order valence-corrected chi connectivity index (χ1v) is 13.1. The lowest BCUT2D eigenvalue weighted by Crippen LogP contribution is -2.42. The fourth-order valence-electron chi connectivity index (χ4n) is 5.33. The molecule has 5 rings (SSSR count). The molecule has 39 heavy (non-hydrogen) atoms. The van der Waals surface area contributed by atoms with Gasteiger partial charge in [-0.3, -0.25) is 9.69 Å². The standard InChI is InChI=1S/C31H28ClN3O4/c1-4-38-30(37)19-7-5-18(6-8-19)25-13-14-26(39-25)27-22(17-33)29(34)35(21-11-9-20(32)10-12-21)23-15-31(2,3)16-24(36)28(23)27/h5-14,27H,4,15-16,34H2,1-3H3. The number of esters is 1. The Balaban J connectivity index is 1.60. The van der Waals surface area contributed by atoms with Crippen LogP contribution in [0, 0.1) is 16.7 Å². The van der Waals surface area contributed by atoms with Crippen LogP contribution in [-0.4, -0.2) is 18.4 Å². The lowest BCUT2D eigenvalue weighted by molar-refractivity contribution is -0.118. The largest absolute Gasteiger partial charge is 0.462 e. The summed E-state index contributed by atoms with van der Waals surface area (Å²) in [7, 11) is 0. The Morgan fingerprint density at radius 1 is 1.13 bits per heavy atom. The fraction of sp³-hybridized carbons (Fsp3) is 0.258. The van der Waals surface area contributed by atoms with Crippen LogP contribution in [0.15, 0.2) is 87.7 Å². The average molecular weight is 542 g/mol. The molecule has 1 unspecified atom stereocenters. The molecule has 1 atom stereocenters. The summed E-state index contributed by atoms with van der Waals surface area (Å²) >= 11 is 6.13. The van der Waals surface area contributed by atoms with Crippen molar-refractivity contribution in [1.29, 1.82) is 5.26 Å². The first-order valence-electron chi connectivity index (χ1n) is 12.7. The smallest absolute Gasteiger partial charge is 0.338 e. The topological polar surface area (TPSA) is 110 Å². The van der Waals surface area contributed by atoms with E-state index in [2.05, 4.69) is 6.07 Å². The minimum atomic E-state index is -0.732. The van der Waals surface area contributed by atoms with E-state index in [-0.39, 0.29) is 22.6 Å². The van der Waals surface area contributed by atoms with Crippen molar-refractivity contribution in [3.05, 3.63) is 99.7 Å². The van der Waals surface area contributed by atoms with E-state index in [0.717, 1.165) is 16.9 Å². The highest BCUT2D eigenvalue weighted by molar-refractivity contribution is 6.30. The van der Waals surface area contributed by atoms with Crippen molar-refractivity contribution in [3.8, 4) is 17.4 Å². The van der Waals surface area contributed by atoms with Crippen molar-refractivity contribution >= 4 is 29.0 Å². The van der Waals surface area contributed by atoms with Crippen LogP contribution in [0.25, 0.3) is 11.3 Å². The molecule has 3 aromatic rings. The van der Waals surface area contributed by atoms with Gasteiger partial charge in [0.15, 0.2) is 5.78 Å². The number of hydrogen-bond donors (Lipinski definition) is 1. The Bertz CT molecular complexity index is 1560. The van der Waals surface area contributed by atoms with Crippen molar-refractivity contribution in [3.63, 3.8) is 0 Å². The Hall–Kier alpha value is -4.28. The SMILES string of the molecule is CCOC(=O)c1ccc(-c2ccc(C3C(C#N)=C(N)N(c4ccc(Cl)cc4)C4=C3C(=O)CC(C)(C)C4)o2)cc1. The normalized spacial score (nSPS) is 18.6. The quantitative estimate of drug-likeness (QED) is 0.357. The molecule has 8 heteroatoms. The molecular formula is C31H28ClN3O4. The Labute approximate surface area is 232 Å². The van der Waals surface area contributed by atoms with Gasteiger partial charge in [0.25, 0.3) is 0 Å². The molecule has 1 aliphatic heterocycles. The molecule has 2 aromatic carbocycles. The number of anilines is 1. The monoisotopic (exact) mass is 541 g/mol. The maximum atomic E-state index is 13.7. The molecule has 1 aromatic heterocycles. The molecule has 0 saturated carbocycles. The van der Waals surface area contributed by atoms with E-state index in [1.807, 2.05) is 26.0 Å². The molecule has 0 fully saturated rings. The Kier molecular flexibility index (Phi) is 6.83. The van der Waals surface area contributed by atoms with Gasteiger partial charge in [-0.25, -0.2) is 4.79 Å². The number of furan rings is 1. The summed E-state index contributed by atoms with van der Waals surface area (Å²) in [5.74, 6) is 0.0873. The van der Waals surface area contributed by atoms with Gasteiger partial charge in [0.05, 0.1) is 29.7 Å². The zero-order valence-corrected chi connectivity index (χ0v) is 22.7. The molecule has 2 aliphatic rings. The van der Waals surface area contributed by atoms with Crippen molar-refractivity contribution in [1.82, 2.24) is 0 Å². The minimum absolute atomic E-state index is 0.0396. The van der Waals surface area contributed by atoms with Gasteiger partial charge in [-0.1, -0.05) is 37.6 Å². The second kappa shape index (κ2) is 10.1. The third-order valence-corrected chi connectivity index (χ3v) is 7.31. The summed E-state index contributed by atoms with van der Waals surface area (Å²) in [4.78, 5) is 27.5. The third kappa shape index (κ3) is 4.84. The number of ketones is 1. The van der Waals surface area contributed by atoms with Crippen LogP contribution in [0.4, 0.5) is 5.69 Å². The lowest BCUT2D eigenvalue weighted by atomic mass is 9.69. The maximum absolute atomic E-state index is 13.7. The number of carbonyl (C=O) groups excluding carboxylic acids is 2. The number of hydrogen-bond acceptors (Lipinski definition) is 7. The average Bonchev–Trinajstić information content (AvgIpc) is 3.38. The number of carbonyl (C=O) groups is 2. The van der Waals surface area contributed by atoms with Crippen LogP contribution in [0.3, 0.4) is 0 Å². The van der Waals surface area contributed by atoms with Gasteiger partial charge >= 0.3 is 5.97 Å². The Morgan fingerprint density at radius 2 is 1.82 bits per heavy atom. The maximum Gasteiger partial charge on any atom is 0.338 e. The number of benzene rings is 2. The van der Waals surface area contributed by atoms with E-state index in [4.69, 9.17) is 26.5 Å². The summed E-state index contributed by atoms with van der Waals surface area (Å²) in [6.45, 7) is 6.15. The number of nitriles is 1. The highest BCUT2D eigenvalue weighted by Gasteiger charge is 2.45. The van der Waals surface area contributed by atoms with Gasteiger partial charge < -0.3 is 14.9 Å². The zero-order valence-electron chi connectivity index (χ0n) is 22.0. The van der Waals surface area contributed by atoms with Crippen LogP contribution in [0.1, 0.15) is 55.6 Å². The lowest BCUT2D eigenvalue weighted by Gasteiger charge is -2.43. The highest BCUT2D eigenvalue weighted by atomic mass is 35.5. The van der Waals surface area contributed by atoms with Crippen LogP contribution >= 0.6 is 11.6 Å². The number of halogens is 1. The molecule has 1 aliphatic carbocycles. The molecule has 7 nitrogen and oxygen atoms in total. The predicted molar refractivity (Wildman–Crippen MR) is 149 cm³/mol.